The molecule has 0 spiro atoms. The average molecular weight is 233 g/mol. The number of pyridine rings is 1. The molecule has 1 aromatic rings. The van der Waals surface area contributed by atoms with Gasteiger partial charge < -0.3 is 10.1 Å². The van der Waals surface area contributed by atoms with Crippen molar-refractivity contribution in [2.75, 3.05) is 6.54 Å². The Morgan fingerprint density at radius 2 is 2.18 bits per heavy atom. The number of nitrogens with one attached hydrogen (secondary N) is 1. The van der Waals surface area contributed by atoms with Crippen molar-refractivity contribution in [3.8, 4) is 11.8 Å². The lowest BCUT2D eigenvalue weighted by Gasteiger charge is -2.09. The van der Waals surface area contributed by atoms with Crippen molar-refractivity contribution in [3.05, 3.63) is 24.0 Å². The van der Waals surface area contributed by atoms with Gasteiger partial charge in [0.25, 0.3) is 0 Å². The number of ether oxygens (including phenoxy) is 1. The monoisotopic (exact) mass is 233 g/mol. The van der Waals surface area contributed by atoms with Gasteiger partial charge in [-0.25, -0.2) is 0 Å². The Balaban J connectivity index is 2.42. The first-order valence-corrected chi connectivity index (χ1v) is 5.83. The van der Waals surface area contributed by atoms with E-state index in [1.54, 1.807) is 13.1 Å². The molecule has 0 bridgehead atoms. The lowest BCUT2D eigenvalue weighted by Crippen LogP contribution is -2.19. The molecule has 1 rings (SSSR count). The molecule has 0 radical (unpaired) electrons. The Hall–Kier alpha value is -1.60. The number of nitriles is 1. The highest BCUT2D eigenvalue weighted by molar-refractivity contribution is 5.20. The van der Waals surface area contributed by atoms with Gasteiger partial charge in [0, 0.05) is 6.54 Å². The van der Waals surface area contributed by atoms with Crippen LogP contribution in [0.4, 0.5) is 0 Å². The fourth-order valence-corrected chi connectivity index (χ4v) is 1.30. The Labute approximate surface area is 103 Å². The lowest BCUT2D eigenvalue weighted by molar-refractivity contribution is 0.275. The summed E-state index contributed by atoms with van der Waals surface area (Å²) in [5.74, 6) is 1.26. The van der Waals surface area contributed by atoms with E-state index in [2.05, 4.69) is 24.1 Å². The maximum Gasteiger partial charge on any atom is 0.181 e. The summed E-state index contributed by atoms with van der Waals surface area (Å²) in [6.07, 6.45) is 1.21. The predicted octanol–water partition coefficient (Wildman–Crippen LogP) is 2.12. The minimum absolute atomic E-state index is 0.443. The van der Waals surface area contributed by atoms with Gasteiger partial charge in [-0.05, 0) is 31.5 Å². The molecule has 1 N–H and O–H groups in total. The van der Waals surface area contributed by atoms with Gasteiger partial charge in [0.15, 0.2) is 6.10 Å². The van der Waals surface area contributed by atoms with Gasteiger partial charge in [-0.15, -0.1) is 0 Å². The number of aromatic nitrogens is 1. The molecule has 1 heterocycles. The van der Waals surface area contributed by atoms with E-state index in [9.17, 15) is 0 Å². The molecule has 1 aromatic heterocycles. The van der Waals surface area contributed by atoms with E-state index in [1.807, 2.05) is 18.2 Å². The molecular weight excluding hydrogens is 214 g/mol. The van der Waals surface area contributed by atoms with Crippen LogP contribution in [0.1, 0.15) is 26.5 Å². The maximum absolute atomic E-state index is 8.61. The molecule has 0 saturated carbocycles. The Morgan fingerprint density at radius 1 is 1.41 bits per heavy atom. The predicted molar refractivity (Wildman–Crippen MR) is 66.5 cm³/mol. The van der Waals surface area contributed by atoms with Gasteiger partial charge >= 0.3 is 0 Å². The third-order valence-electron chi connectivity index (χ3n) is 2.15. The summed E-state index contributed by atoms with van der Waals surface area (Å²) in [5, 5.41) is 11.9. The molecule has 0 amide bonds. The van der Waals surface area contributed by atoms with Gasteiger partial charge in [-0.2, -0.15) is 5.26 Å². The van der Waals surface area contributed by atoms with Crippen LogP contribution < -0.4 is 10.1 Å². The number of nitrogens with zero attached hydrogens (tertiary/aromatic N) is 2. The number of hydrogen-bond acceptors (Lipinski definition) is 4. The first kappa shape index (κ1) is 13.5. The molecule has 4 heteroatoms. The summed E-state index contributed by atoms with van der Waals surface area (Å²) in [7, 11) is 0. The number of hydrogen-bond donors (Lipinski definition) is 1. The van der Waals surface area contributed by atoms with Gasteiger partial charge in [0.05, 0.1) is 11.9 Å². The Bertz CT molecular complexity index is 367. The van der Waals surface area contributed by atoms with Crippen molar-refractivity contribution in [2.45, 2.75) is 33.4 Å². The average Bonchev–Trinajstić information content (AvgIpc) is 2.31. The SMILES string of the molecule is CC(C)CNCc1ccc(OC(C)C#N)cn1. The minimum atomic E-state index is -0.443. The van der Waals surface area contributed by atoms with Crippen molar-refractivity contribution >= 4 is 0 Å². The zero-order valence-corrected chi connectivity index (χ0v) is 10.6. The standard InChI is InChI=1S/C13H19N3O/c1-10(2)7-15-8-12-4-5-13(9-16-12)17-11(3)6-14/h4-5,9-11,15H,7-8H2,1-3H3. The lowest BCUT2D eigenvalue weighted by atomic mass is 10.2. The van der Waals surface area contributed by atoms with Gasteiger partial charge in [0.1, 0.15) is 11.8 Å². The van der Waals surface area contributed by atoms with Crippen LogP contribution in [0, 0.1) is 17.2 Å². The van der Waals surface area contributed by atoms with Crippen molar-refractivity contribution < 1.29 is 4.74 Å². The molecule has 0 aliphatic heterocycles. The van der Waals surface area contributed by atoms with Crippen LogP contribution >= 0.6 is 0 Å². The fraction of sp³-hybridized carbons (Fsp3) is 0.538. The maximum atomic E-state index is 8.61. The van der Waals surface area contributed by atoms with Crippen LogP contribution in [0.3, 0.4) is 0 Å². The first-order valence-electron chi connectivity index (χ1n) is 5.83. The largest absolute Gasteiger partial charge is 0.474 e. The summed E-state index contributed by atoms with van der Waals surface area (Å²) in [6, 6.07) is 5.76. The van der Waals surface area contributed by atoms with E-state index in [4.69, 9.17) is 10.00 Å². The highest BCUT2D eigenvalue weighted by Gasteiger charge is 2.02. The molecule has 4 nitrogen and oxygen atoms in total. The van der Waals surface area contributed by atoms with E-state index in [0.717, 1.165) is 18.8 Å². The summed E-state index contributed by atoms with van der Waals surface area (Å²) >= 11 is 0. The Kier molecular flexibility index (Phi) is 5.44. The van der Waals surface area contributed by atoms with E-state index in [-0.39, 0.29) is 0 Å². The molecular formula is C13H19N3O. The van der Waals surface area contributed by atoms with E-state index in [0.29, 0.717) is 11.7 Å². The molecule has 0 saturated heterocycles. The van der Waals surface area contributed by atoms with Crippen molar-refractivity contribution in [2.24, 2.45) is 5.92 Å². The van der Waals surface area contributed by atoms with Crippen LogP contribution in [0.2, 0.25) is 0 Å². The Morgan fingerprint density at radius 3 is 2.71 bits per heavy atom. The topological polar surface area (TPSA) is 57.9 Å². The molecule has 1 unspecified atom stereocenters. The van der Waals surface area contributed by atoms with Crippen LogP contribution in [0.15, 0.2) is 18.3 Å². The second kappa shape index (κ2) is 6.87. The van der Waals surface area contributed by atoms with Crippen LogP contribution in [-0.2, 0) is 6.54 Å². The fourth-order valence-electron chi connectivity index (χ4n) is 1.30. The zero-order chi connectivity index (χ0) is 12.7. The van der Waals surface area contributed by atoms with Crippen molar-refractivity contribution in [1.29, 1.82) is 5.26 Å². The minimum Gasteiger partial charge on any atom is -0.474 e. The van der Waals surface area contributed by atoms with Gasteiger partial charge in [0.2, 0.25) is 0 Å². The second-order valence-corrected chi connectivity index (χ2v) is 4.40. The first-order chi connectivity index (χ1) is 8.11. The quantitative estimate of drug-likeness (QED) is 0.817. The summed E-state index contributed by atoms with van der Waals surface area (Å²) in [5.41, 5.74) is 0.975. The van der Waals surface area contributed by atoms with E-state index in [1.165, 1.54) is 0 Å². The van der Waals surface area contributed by atoms with Crippen molar-refractivity contribution in [1.82, 2.24) is 10.3 Å². The normalized spacial score (nSPS) is 12.2. The van der Waals surface area contributed by atoms with Crippen LogP contribution in [0.25, 0.3) is 0 Å². The summed E-state index contributed by atoms with van der Waals surface area (Å²) in [6.45, 7) is 7.77. The molecule has 0 aliphatic rings. The summed E-state index contributed by atoms with van der Waals surface area (Å²) < 4.78 is 5.32. The van der Waals surface area contributed by atoms with Crippen LogP contribution in [0.5, 0.6) is 5.75 Å². The molecule has 0 aromatic carbocycles. The zero-order valence-electron chi connectivity index (χ0n) is 10.6. The van der Waals surface area contributed by atoms with E-state index < -0.39 is 6.10 Å². The highest BCUT2D eigenvalue weighted by atomic mass is 16.5. The smallest absolute Gasteiger partial charge is 0.181 e. The van der Waals surface area contributed by atoms with Crippen LogP contribution in [-0.4, -0.2) is 17.6 Å². The molecule has 0 fully saturated rings. The van der Waals surface area contributed by atoms with Gasteiger partial charge in [-0.3, -0.25) is 4.98 Å². The summed E-state index contributed by atoms with van der Waals surface area (Å²) in [4.78, 5) is 4.27. The second-order valence-electron chi connectivity index (χ2n) is 4.40. The number of rotatable bonds is 6. The highest BCUT2D eigenvalue weighted by Crippen LogP contribution is 2.10. The molecule has 1 atom stereocenters. The van der Waals surface area contributed by atoms with Crippen molar-refractivity contribution in [3.63, 3.8) is 0 Å². The molecule has 92 valence electrons. The third-order valence-corrected chi connectivity index (χ3v) is 2.15. The molecule has 0 aliphatic carbocycles. The molecule has 17 heavy (non-hydrogen) atoms. The van der Waals surface area contributed by atoms with E-state index >= 15 is 0 Å². The third kappa shape index (κ3) is 5.32. The van der Waals surface area contributed by atoms with Gasteiger partial charge in [-0.1, -0.05) is 13.8 Å².